The first-order valence-corrected chi connectivity index (χ1v) is 8.26. The van der Waals surface area contributed by atoms with Crippen LogP contribution in [0.1, 0.15) is 12.0 Å². The number of anilines is 3. The van der Waals surface area contributed by atoms with Crippen molar-refractivity contribution in [3.63, 3.8) is 0 Å². The summed E-state index contributed by atoms with van der Waals surface area (Å²) in [6.07, 6.45) is -1.06. The van der Waals surface area contributed by atoms with E-state index < -0.39 is 18.5 Å². The minimum absolute atomic E-state index is 0.290. The van der Waals surface area contributed by atoms with E-state index in [4.69, 9.17) is 0 Å². The smallest absolute Gasteiger partial charge is 0.326 e. The second-order valence-corrected chi connectivity index (χ2v) is 6.16. The minimum atomic E-state index is -4.54. The number of benzene rings is 1. The van der Waals surface area contributed by atoms with Crippen molar-refractivity contribution in [1.29, 1.82) is 0 Å². The Morgan fingerprint density at radius 2 is 2.00 bits per heavy atom. The molecule has 0 aliphatic carbocycles. The van der Waals surface area contributed by atoms with Gasteiger partial charge in [-0.25, -0.2) is 9.97 Å². The number of carbonyl (C=O) groups is 1. The molecule has 1 aromatic carbocycles. The summed E-state index contributed by atoms with van der Waals surface area (Å²) in [5, 5.41) is 9.35. The molecular weight excluding hydrogens is 373 g/mol. The number of nitrogens with zero attached hydrogens (tertiary/aromatic N) is 4. The third-order valence-electron chi connectivity index (χ3n) is 3.76. The van der Waals surface area contributed by atoms with Crippen molar-refractivity contribution in [1.82, 2.24) is 19.7 Å². The Balaban J connectivity index is 1.77. The highest BCUT2D eigenvalue weighted by atomic mass is 19.4. The first kappa shape index (κ1) is 19.3. The largest absolute Gasteiger partial charge is 0.397 e. The summed E-state index contributed by atoms with van der Waals surface area (Å²) in [7, 11) is 1.79. The Kier molecular flexibility index (Phi) is 5.30. The van der Waals surface area contributed by atoms with Crippen molar-refractivity contribution in [2.24, 2.45) is 7.05 Å². The summed E-state index contributed by atoms with van der Waals surface area (Å²) in [6, 6.07) is 6.54. The lowest BCUT2D eigenvalue weighted by molar-refractivity contribution is -0.150. The second-order valence-electron chi connectivity index (χ2n) is 6.16. The minimum Gasteiger partial charge on any atom is -0.326 e. The molecule has 2 aromatic heterocycles. The van der Waals surface area contributed by atoms with Gasteiger partial charge in [-0.3, -0.25) is 9.48 Å². The fraction of sp³-hybridized carbons (Fsp3) is 0.222. The number of halogens is 3. The van der Waals surface area contributed by atoms with E-state index in [0.717, 1.165) is 16.8 Å². The number of alkyl halides is 3. The maximum Gasteiger partial charge on any atom is 0.397 e. The van der Waals surface area contributed by atoms with E-state index >= 15 is 0 Å². The van der Waals surface area contributed by atoms with Crippen molar-refractivity contribution in [3.8, 4) is 11.3 Å². The highest BCUT2D eigenvalue weighted by molar-refractivity contribution is 5.91. The van der Waals surface area contributed by atoms with E-state index in [1.165, 1.54) is 6.07 Å². The number of carbonyl (C=O) groups excluding carboxylic acids is 1. The Morgan fingerprint density at radius 3 is 2.64 bits per heavy atom. The van der Waals surface area contributed by atoms with Crippen molar-refractivity contribution in [3.05, 3.63) is 48.4 Å². The van der Waals surface area contributed by atoms with Crippen LogP contribution in [0.3, 0.4) is 0 Å². The Morgan fingerprint density at radius 1 is 1.21 bits per heavy atom. The Bertz CT molecular complexity index is 999. The van der Waals surface area contributed by atoms with E-state index in [1.54, 1.807) is 55.4 Å². The van der Waals surface area contributed by atoms with Gasteiger partial charge in [0.2, 0.25) is 11.9 Å². The van der Waals surface area contributed by atoms with E-state index in [2.05, 4.69) is 25.7 Å². The average Bonchev–Trinajstić information content (AvgIpc) is 2.98. The summed E-state index contributed by atoms with van der Waals surface area (Å²) < 4.78 is 38.5. The van der Waals surface area contributed by atoms with Crippen LogP contribution in [-0.4, -0.2) is 31.8 Å². The van der Waals surface area contributed by atoms with Crippen molar-refractivity contribution in [2.75, 3.05) is 10.6 Å². The van der Waals surface area contributed by atoms with Crippen LogP contribution >= 0.6 is 0 Å². The van der Waals surface area contributed by atoms with E-state index in [-0.39, 0.29) is 0 Å². The predicted molar refractivity (Wildman–Crippen MR) is 98.0 cm³/mol. The van der Waals surface area contributed by atoms with Crippen molar-refractivity contribution in [2.45, 2.75) is 19.5 Å². The monoisotopic (exact) mass is 390 g/mol. The molecule has 0 saturated carbocycles. The van der Waals surface area contributed by atoms with Gasteiger partial charge >= 0.3 is 6.18 Å². The van der Waals surface area contributed by atoms with Crippen LogP contribution in [0.2, 0.25) is 0 Å². The Labute approximate surface area is 158 Å². The molecule has 0 spiro atoms. The zero-order chi connectivity index (χ0) is 20.3. The number of aryl methyl sites for hydroxylation is 2. The van der Waals surface area contributed by atoms with Crippen LogP contribution in [0.5, 0.6) is 0 Å². The molecule has 0 aliphatic rings. The van der Waals surface area contributed by atoms with Gasteiger partial charge in [0, 0.05) is 30.7 Å². The number of hydrogen-bond donors (Lipinski definition) is 2. The third kappa shape index (κ3) is 5.06. The molecule has 146 valence electrons. The Hall–Kier alpha value is -3.43. The van der Waals surface area contributed by atoms with Crippen LogP contribution in [0, 0.1) is 6.92 Å². The van der Waals surface area contributed by atoms with Crippen LogP contribution < -0.4 is 10.6 Å². The van der Waals surface area contributed by atoms with E-state index in [0.29, 0.717) is 17.3 Å². The topological polar surface area (TPSA) is 84.7 Å². The van der Waals surface area contributed by atoms with Gasteiger partial charge in [0.25, 0.3) is 0 Å². The number of nitrogens with one attached hydrogen (secondary N) is 2. The zero-order valence-corrected chi connectivity index (χ0v) is 15.1. The van der Waals surface area contributed by atoms with Gasteiger partial charge < -0.3 is 10.6 Å². The molecule has 2 heterocycles. The quantitative estimate of drug-likeness (QED) is 0.692. The number of hydrogen-bond acceptors (Lipinski definition) is 5. The summed E-state index contributed by atoms with van der Waals surface area (Å²) in [4.78, 5) is 20.1. The molecular formula is C18H17F3N6O. The normalized spacial score (nSPS) is 11.3. The molecule has 0 fully saturated rings. The molecule has 7 nitrogen and oxygen atoms in total. The average molecular weight is 390 g/mol. The van der Waals surface area contributed by atoms with Crippen LogP contribution in [0.4, 0.5) is 30.5 Å². The van der Waals surface area contributed by atoms with Gasteiger partial charge in [0.15, 0.2) is 0 Å². The molecule has 0 aliphatic heterocycles. The lowest BCUT2D eigenvalue weighted by Gasteiger charge is -2.11. The van der Waals surface area contributed by atoms with Gasteiger partial charge in [0.1, 0.15) is 6.42 Å². The zero-order valence-electron chi connectivity index (χ0n) is 15.1. The van der Waals surface area contributed by atoms with Gasteiger partial charge in [-0.2, -0.15) is 18.3 Å². The molecule has 0 atom stereocenters. The molecule has 0 bridgehead atoms. The molecule has 0 saturated heterocycles. The van der Waals surface area contributed by atoms with Gasteiger partial charge in [-0.15, -0.1) is 0 Å². The predicted octanol–water partition coefficient (Wildman–Crippen LogP) is 3.82. The first-order valence-electron chi connectivity index (χ1n) is 8.26. The van der Waals surface area contributed by atoms with Crippen LogP contribution in [-0.2, 0) is 11.8 Å². The van der Waals surface area contributed by atoms with Gasteiger partial charge in [-0.1, -0.05) is 6.07 Å². The summed E-state index contributed by atoms with van der Waals surface area (Å²) in [5.41, 5.74) is 3.17. The summed E-state index contributed by atoms with van der Waals surface area (Å²) in [5.74, 6) is -0.725. The molecule has 10 heteroatoms. The molecule has 1 amide bonds. The highest BCUT2D eigenvalue weighted by Crippen LogP contribution is 2.26. The molecule has 3 rings (SSSR count). The third-order valence-corrected chi connectivity index (χ3v) is 3.76. The second kappa shape index (κ2) is 7.67. The maximum absolute atomic E-state index is 12.3. The molecule has 3 aromatic rings. The summed E-state index contributed by atoms with van der Waals surface area (Å²) >= 11 is 0. The lowest BCUT2D eigenvalue weighted by Crippen LogP contribution is -2.21. The SMILES string of the molecule is Cc1cc(NC(=O)CC(F)(F)F)ccc1-c1ccnc(Nc2cnn(C)c2)n1. The molecule has 0 radical (unpaired) electrons. The summed E-state index contributed by atoms with van der Waals surface area (Å²) in [6.45, 7) is 1.78. The first-order chi connectivity index (χ1) is 13.2. The molecule has 28 heavy (non-hydrogen) atoms. The highest BCUT2D eigenvalue weighted by Gasteiger charge is 2.31. The van der Waals surface area contributed by atoms with Gasteiger partial charge in [-0.05, 0) is 30.7 Å². The molecule has 0 unspecified atom stereocenters. The number of rotatable bonds is 5. The number of amides is 1. The van der Waals surface area contributed by atoms with E-state index in [9.17, 15) is 18.0 Å². The van der Waals surface area contributed by atoms with Gasteiger partial charge in [0.05, 0.1) is 17.6 Å². The van der Waals surface area contributed by atoms with E-state index in [1.807, 2.05) is 0 Å². The van der Waals surface area contributed by atoms with Crippen LogP contribution in [0.15, 0.2) is 42.9 Å². The number of aromatic nitrogens is 4. The fourth-order valence-corrected chi connectivity index (χ4v) is 2.60. The lowest BCUT2D eigenvalue weighted by atomic mass is 10.0. The van der Waals surface area contributed by atoms with Crippen molar-refractivity contribution < 1.29 is 18.0 Å². The van der Waals surface area contributed by atoms with Crippen LogP contribution in [0.25, 0.3) is 11.3 Å². The molecule has 2 N–H and O–H groups in total. The standard InChI is InChI=1S/C18H17F3N6O/c1-11-7-12(24-16(28)8-18(19,20)21)3-4-14(11)15-5-6-22-17(26-15)25-13-9-23-27(2)10-13/h3-7,9-10H,8H2,1-2H3,(H,24,28)(H,22,25,26). The fourth-order valence-electron chi connectivity index (χ4n) is 2.60. The maximum atomic E-state index is 12.3. The van der Waals surface area contributed by atoms with Crippen molar-refractivity contribution >= 4 is 23.2 Å².